The summed E-state index contributed by atoms with van der Waals surface area (Å²) in [6.07, 6.45) is 0.490. The third-order valence-corrected chi connectivity index (χ3v) is 5.13. The number of fused-ring (bicyclic) bond motifs is 1. The zero-order valence-electron chi connectivity index (χ0n) is 15.0. The molecule has 0 atom stereocenters. The first-order valence-corrected chi connectivity index (χ1v) is 10.1. The molecule has 11 heteroatoms. The van der Waals surface area contributed by atoms with Crippen molar-refractivity contribution < 1.29 is 27.2 Å². The molecule has 1 amide bonds. The first kappa shape index (κ1) is 18.9. The Bertz CT molecular complexity index is 1160. The van der Waals surface area contributed by atoms with Gasteiger partial charge < -0.3 is 19.3 Å². The second kappa shape index (κ2) is 7.53. The van der Waals surface area contributed by atoms with Crippen molar-refractivity contribution in [3.63, 3.8) is 0 Å². The van der Waals surface area contributed by atoms with E-state index >= 15 is 0 Å². The van der Waals surface area contributed by atoms with Gasteiger partial charge in [0.2, 0.25) is 16.8 Å². The minimum atomic E-state index is -3.73. The van der Waals surface area contributed by atoms with Gasteiger partial charge in [-0.1, -0.05) is 17.3 Å². The quantitative estimate of drug-likeness (QED) is 0.607. The smallest absolute Gasteiger partial charge is 0.292 e. The fraction of sp³-hybridized carbons (Fsp3) is 0.167. The normalized spacial score (nSPS) is 12.7. The Labute approximate surface area is 165 Å². The molecule has 3 aromatic rings. The molecule has 1 aromatic heterocycles. The molecule has 0 saturated heterocycles. The predicted octanol–water partition coefficient (Wildman–Crippen LogP) is 1.09. The number of nitrogens with one attached hydrogen (secondary N) is 1. The van der Waals surface area contributed by atoms with Crippen molar-refractivity contribution in [3.05, 3.63) is 53.9 Å². The van der Waals surface area contributed by atoms with E-state index < -0.39 is 15.9 Å². The number of carbonyl (C=O) groups excluding carboxylic acids is 1. The van der Waals surface area contributed by atoms with Crippen LogP contribution in [-0.2, 0) is 16.4 Å². The van der Waals surface area contributed by atoms with Crippen LogP contribution in [0.25, 0.3) is 11.5 Å². The van der Waals surface area contributed by atoms with Crippen LogP contribution >= 0.6 is 0 Å². The highest BCUT2D eigenvalue weighted by molar-refractivity contribution is 7.89. The van der Waals surface area contributed by atoms with Gasteiger partial charge in [-0.2, -0.15) is 4.98 Å². The van der Waals surface area contributed by atoms with E-state index in [1.807, 2.05) is 0 Å². The maximum atomic E-state index is 12.2. The first-order valence-electron chi connectivity index (χ1n) is 8.54. The van der Waals surface area contributed by atoms with Crippen LogP contribution in [0.1, 0.15) is 16.2 Å². The fourth-order valence-corrected chi connectivity index (χ4v) is 3.22. The Kier molecular flexibility index (Phi) is 4.91. The fourth-order valence-electron chi connectivity index (χ4n) is 2.71. The number of nitrogens with zero attached hydrogens (tertiary/aromatic N) is 2. The Hall–Kier alpha value is -3.44. The van der Waals surface area contributed by atoms with E-state index in [0.717, 1.165) is 5.56 Å². The van der Waals surface area contributed by atoms with E-state index in [1.165, 1.54) is 12.1 Å². The number of hydrogen-bond acceptors (Lipinski definition) is 8. The molecule has 2 aromatic carbocycles. The van der Waals surface area contributed by atoms with Crippen molar-refractivity contribution in [3.8, 4) is 23.0 Å². The van der Waals surface area contributed by atoms with Gasteiger partial charge in [0, 0.05) is 12.1 Å². The monoisotopic (exact) mass is 416 g/mol. The lowest BCUT2D eigenvalue weighted by Crippen LogP contribution is -2.26. The minimum Gasteiger partial charge on any atom is -0.454 e. The molecule has 0 bridgehead atoms. The first-order chi connectivity index (χ1) is 13.9. The Morgan fingerprint density at radius 1 is 1.10 bits per heavy atom. The third kappa shape index (κ3) is 4.20. The number of nitrogens with two attached hydrogens (primary N) is 1. The molecule has 1 aliphatic heterocycles. The third-order valence-electron chi connectivity index (χ3n) is 4.20. The van der Waals surface area contributed by atoms with Crippen molar-refractivity contribution in [1.29, 1.82) is 0 Å². The van der Waals surface area contributed by atoms with E-state index in [1.54, 1.807) is 30.3 Å². The largest absolute Gasteiger partial charge is 0.454 e. The molecular formula is C18H16N4O6S. The van der Waals surface area contributed by atoms with Gasteiger partial charge in [-0.25, -0.2) is 13.6 Å². The average Bonchev–Trinajstić information content (AvgIpc) is 3.36. The van der Waals surface area contributed by atoms with Crippen LogP contribution in [0.5, 0.6) is 11.5 Å². The van der Waals surface area contributed by atoms with Crippen LogP contribution in [0.4, 0.5) is 0 Å². The average molecular weight is 416 g/mol. The number of amides is 1. The van der Waals surface area contributed by atoms with Gasteiger partial charge >= 0.3 is 0 Å². The molecular weight excluding hydrogens is 400 g/mol. The van der Waals surface area contributed by atoms with E-state index in [4.69, 9.17) is 19.1 Å². The lowest BCUT2D eigenvalue weighted by atomic mass is 10.1. The second-order valence-electron chi connectivity index (χ2n) is 6.19. The van der Waals surface area contributed by atoms with E-state index in [0.29, 0.717) is 30.0 Å². The van der Waals surface area contributed by atoms with Gasteiger partial charge in [-0.3, -0.25) is 4.79 Å². The highest BCUT2D eigenvalue weighted by Crippen LogP contribution is 2.35. The predicted molar refractivity (Wildman–Crippen MR) is 99.7 cm³/mol. The summed E-state index contributed by atoms with van der Waals surface area (Å²) in [5.74, 6) is 0.805. The zero-order chi connectivity index (χ0) is 20.4. The van der Waals surface area contributed by atoms with Crippen LogP contribution in [0.2, 0.25) is 0 Å². The van der Waals surface area contributed by atoms with Crippen LogP contribution in [-0.4, -0.2) is 37.8 Å². The molecule has 0 radical (unpaired) electrons. The second-order valence-corrected chi connectivity index (χ2v) is 7.75. The lowest BCUT2D eigenvalue weighted by molar-refractivity contribution is 0.0940. The molecule has 1 aliphatic rings. The number of rotatable bonds is 6. The van der Waals surface area contributed by atoms with Gasteiger partial charge in [0.1, 0.15) is 0 Å². The van der Waals surface area contributed by atoms with E-state index in [-0.39, 0.29) is 23.4 Å². The summed E-state index contributed by atoms with van der Waals surface area (Å²) in [6, 6.07) is 11.3. The number of carbonyl (C=O) groups is 1. The lowest BCUT2D eigenvalue weighted by Gasteiger charge is -2.04. The van der Waals surface area contributed by atoms with E-state index in [9.17, 15) is 13.2 Å². The molecule has 29 heavy (non-hydrogen) atoms. The van der Waals surface area contributed by atoms with Crippen LogP contribution in [0.3, 0.4) is 0 Å². The molecule has 150 valence electrons. The highest BCUT2D eigenvalue weighted by atomic mass is 32.2. The molecule has 0 unspecified atom stereocenters. The molecule has 0 saturated carbocycles. The number of aromatic nitrogens is 2. The van der Waals surface area contributed by atoms with Gasteiger partial charge in [0.25, 0.3) is 17.6 Å². The Morgan fingerprint density at radius 3 is 2.62 bits per heavy atom. The zero-order valence-corrected chi connectivity index (χ0v) is 15.8. The minimum absolute atomic E-state index is 0.0353. The number of ether oxygens (including phenoxy) is 2. The standard InChI is InChI=1S/C18H16N4O6S/c19-29(24,25)13-4-1-11(2-5-13)7-8-20-17(23)16-21-18(28-22-16)12-3-6-14-15(9-12)27-10-26-14/h1-6,9H,7-8,10H2,(H,20,23)(H2,19,24,25). The molecule has 0 spiro atoms. The molecule has 10 nitrogen and oxygen atoms in total. The maximum Gasteiger partial charge on any atom is 0.292 e. The summed E-state index contributed by atoms with van der Waals surface area (Å²) in [6.45, 7) is 0.461. The molecule has 3 N–H and O–H groups in total. The molecule has 2 heterocycles. The Balaban J connectivity index is 1.35. The van der Waals surface area contributed by atoms with Gasteiger partial charge in [0.05, 0.1) is 4.90 Å². The van der Waals surface area contributed by atoms with Crippen LogP contribution in [0.15, 0.2) is 51.9 Å². The number of hydrogen-bond donors (Lipinski definition) is 2. The summed E-state index contributed by atoms with van der Waals surface area (Å²) in [4.78, 5) is 16.4. The van der Waals surface area contributed by atoms with Crippen molar-refractivity contribution in [2.75, 3.05) is 13.3 Å². The van der Waals surface area contributed by atoms with Crippen LogP contribution in [0, 0.1) is 0 Å². The number of primary sulfonamides is 1. The molecule has 4 rings (SSSR count). The van der Waals surface area contributed by atoms with Crippen molar-refractivity contribution >= 4 is 15.9 Å². The topological polar surface area (TPSA) is 147 Å². The highest BCUT2D eigenvalue weighted by Gasteiger charge is 2.19. The van der Waals surface area contributed by atoms with Crippen molar-refractivity contribution in [2.45, 2.75) is 11.3 Å². The van der Waals surface area contributed by atoms with Crippen LogP contribution < -0.4 is 19.9 Å². The summed E-state index contributed by atoms with van der Waals surface area (Å²) in [7, 11) is -3.73. The summed E-state index contributed by atoms with van der Waals surface area (Å²) >= 11 is 0. The van der Waals surface area contributed by atoms with Gasteiger partial charge in [-0.15, -0.1) is 0 Å². The molecule has 0 fully saturated rings. The van der Waals surface area contributed by atoms with Crippen molar-refractivity contribution in [1.82, 2.24) is 15.5 Å². The Morgan fingerprint density at radius 2 is 1.86 bits per heavy atom. The summed E-state index contributed by atoms with van der Waals surface area (Å²) < 4.78 is 38.2. The number of sulfonamides is 1. The SMILES string of the molecule is NS(=O)(=O)c1ccc(CCNC(=O)c2noc(-c3ccc4c(c3)OCO4)n2)cc1. The number of benzene rings is 2. The van der Waals surface area contributed by atoms with Gasteiger partial charge in [-0.05, 0) is 42.3 Å². The van der Waals surface area contributed by atoms with E-state index in [2.05, 4.69) is 15.5 Å². The molecule has 0 aliphatic carbocycles. The van der Waals surface area contributed by atoms with Crippen molar-refractivity contribution in [2.24, 2.45) is 5.14 Å². The summed E-state index contributed by atoms with van der Waals surface area (Å²) in [5, 5.41) is 11.4. The summed E-state index contributed by atoms with van der Waals surface area (Å²) in [5.41, 5.74) is 1.45. The maximum absolute atomic E-state index is 12.2. The van der Waals surface area contributed by atoms with Gasteiger partial charge in [0.15, 0.2) is 11.5 Å².